The van der Waals surface area contributed by atoms with Crippen LogP contribution in [0, 0.1) is 0 Å². The summed E-state index contributed by atoms with van der Waals surface area (Å²) >= 11 is 3.48. The molecular weight excluding hydrogens is 310 g/mol. The second-order valence-corrected chi connectivity index (χ2v) is 5.73. The van der Waals surface area contributed by atoms with Crippen molar-refractivity contribution in [2.24, 2.45) is 0 Å². The zero-order chi connectivity index (χ0) is 13.9. The summed E-state index contributed by atoms with van der Waals surface area (Å²) in [5.74, 6) is -0.476. The highest BCUT2D eigenvalue weighted by atomic mass is 79.9. The van der Waals surface area contributed by atoms with Crippen LogP contribution in [0.1, 0.15) is 42.5 Å². The van der Waals surface area contributed by atoms with Gasteiger partial charge in [-0.1, -0.05) is 35.2 Å². The molecule has 5 heteroatoms. The quantitative estimate of drug-likeness (QED) is 0.747. The number of amides is 1. The van der Waals surface area contributed by atoms with E-state index in [1.54, 1.807) is 0 Å². The van der Waals surface area contributed by atoms with Crippen LogP contribution in [0.25, 0.3) is 0 Å². The van der Waals surface area contributed by atoms with Gasteiger partial charge >= 0.3 is 0 Å². The number of alkyl halides is 1. The first-order valence-corrected chi connectivity index (χ1v) is 7.58. The molecule has 2 rings (SSSR count). The van der Waals surface area contributed by atoms with E-state index < -0.39 is 0 Å². The summed E-state index contributed by atoms with van der Waals surface area (Å²) in [6.07, 6.45) is 5.33. The zero-order valence-corrected chi connectivity index (χ0v) is 12.2. The molecule has 1 aliphatic carbocycles. The number of hydrogen-bond acceptors (Lipinski definition) is 3. The van der Waals surface area contributed by atoms with Gasteiger partial charge in [-0.2, -0.15) is 0 Å². The second kappa shape index (κ2) is 5.82. The molecule has 1 amide bonds. The molecule has 104 valence electrons. The third-order valence-electron chi connectivity index (χ3n) is 3.61. The number of nitrogens with one attached hydrogen (secondary N) is 1. The van der Waals surface area contributed by atoms with Gasteiger partial charge in [0.1, 0.15) is 11.5 Å². The Balaban J connectivity index is 2.15. The van der Waals surface area contributed by atoms with Crippen LogP contribution in [-0.2, 0) is 0 Å². The molecule has 1 aliphatic rings. The zero-order valence-electron chi connectivity index (χ0n) is 10.7. The number of carbonyl (C=O) groups excluding carboxylic acids is 1. The molecule has 0 aliphatic heterocycles. The molecule has 0 heterocycles. The summed E-state index contributed by atoms with van der Waals surface area (Å²) in [5, 5.41) is 22.6. The molecule has 0 atom stereocenters. The van der Waals surface area contributed by atoms with Crippen LogP contribution in [0.5, 0.6) is 11.5 Å². The van der Waals surface area contributed by atoms with Crippen molar-refractivity contribution in [3.8, 4) is 11.5 Å². The van der Waals surface area contributed by atoms with Crippen molar-refractivity contribution in [2.75, 3.05) is 5.33 Å². The normalized spacial score (nSPS) is 17.9. The third kappa shape index (κ3) is 3.41. The summed E-state index contributed by atoms with van der Waals surface area (Å²) in [4.78, 5) is 12.2. The number of phenols is 2. The van der Waals surface area contributed by atoms with E-state index in [9.17, 15) is 15.0 Å². The van der Waals surface area contributed by atoms with Crippen LogP contribution in [0.4, 0.5) is 0 Å². The molecule has 1 saturated carbocycles. The second-order valence-electron chi connectivity index (χ2n) is 5.17. The third-order valence-corrected chi connectivity index (χ3v) is 4.68. The average molecular weight is 328 g/mol. The highest BCUT2D eigenvalue weighted by Crippen LogP contribution is 2.30. The van der Waals surface area contributed by atoms with Gasteiger partial charge in [-0.3, -0.25) is 4.79 Å². The van der Waals surface area contributed by atoms with E-state index in [1.807, 2.05) is 0 Å². The lowest BCUT2D eigenvalue weighted by molar-refractivity contribution is 0.0885. The van der Waals surface area contributed by atoms with Crippen molar-refractivity contribution >= 4 is 21.8 Å². The van der Waals surface area contributed by atoms with Crippen molar-refractivity contribution < 1.29 is 15.0 Å². The Hall–Kier alpha value is -1.23. The maximum absolute atomic E-state index is 12.2. The smallest absolute Gasteiger partial charge is 0.252 e. The minimum absolute atomic E-state index is 0.110. The number of aromatic hydroxyl groups is 2. The fraction of sp³-hybridized carbons (Fsp3) is 0.500. The molecule has 0 radical (unpaired) electrons. The molecule has 1 aromatic rings. The molecule has 0 bridgehead atoms. The van der Waals surface area contributed by atoms with Gasteiger partial charge in [-0.05, 0) is 25.0 Å². The molecule has 0 aromatic heterocycles. The molecular formula is C14H18BrNO3. The van der Waals surface area contributed by atoms with E-state index in [0.717, 1.165) is 31.0 Å². The van der Waals surface area contributed by atoms with Crippen LogP contribution in [0.15, 0.2) is 18.2 Å². The predicted octanol–water partition coefficient (Wildman–Crippen LogP) is 2.93. The van der Waals surface area contributed by atoms with E-state index in [2.05, 4.69) is 21.2 Å². The first-order valence-electron chi connectivity index (χ1n) is 6.46. The molecule has 0 unspecified atom stereocenters. The standard InChI is InChI=1S/C14H18BrNO3/c15-9-14(4-2-1-3-5-14)16-13(19)10-6-11(17)8-12(18)7-10/h6-8,17-18H,1-5,9H2,(H,16,19). The van der Waals surface area contributed by atoms with Gasteiger partial charge in [0, 0.05) is 17.0 Å². The lowest BCUT2D eigenvalue weighted by Crippen LogP contribution is -2.51. The maximum atomic E-state index is 12.2. The molecule has 0 spiro atoms. The van der Waals surface area contributed by atoms with Gasteiger partial charge in [0.15, 0.2) is 0 Å². The molecule has 0 saturated heterocycles. The van der Waals surface area contributed by atoms with Crippen LogP contribution < -0.4 is 5.32 Å². The Morgan fingerprint density at radius 2 is 1.74 bits per heavy atom. The SMILES string of the molecule is O=C(NC1(CBr)CCCCC1)c1cc(O)cc(O)c1. The topological polar surface area (TPSA) is 69.6 Å². The number of hydrogen-bond donors (Lipinski definition) is 3. The Morgan fingerprint density at radius 3 is 2.26 bits per heavy atom. The molecule has 3 N–H and O–H groups in total. The summed E-state index contributed by atoms with van der Waals surface area (Å²) in [6.45, 7) is 0. The van der Waals surface area contributed by atoms with Crippen LogP contribution >= 0.6 is 15.9 Å². The largest absolute Gasteiger partial charge is 0.508 e. The number of carbonyl (C=O) groups is 1. The van der Waals surface area contributed by atoms with Crippen molar-refractivity contribution in [2.45, 2.75) is 37.6 Å². The van der Waals surface area contributed by atoms with Crippen molar-refractivity contribution in [3.05, 3.63) is 23.8 Å². The van der Waals surface area contributed by atoms with Gasteiger partial charge < -0.3 is 15.5 Å². The maximum Gasteiger partial charge on any atom is 0.252 e. The van der Waals surface area contributed by atoms with E-state index in [0.29, 0.717) is 0 Å². The van der Waals surface area contributed by atoms with E-state index in [-0.39, 0.29) is 28.5 Å². The van der Waals surface area contributed by atoms with E-state index in [1.165, 1.54) is 24.6 Å². The first-order chi connectivity index (χ1) is 9.04. The Labute approximate surface area is 121 Å². The molecule has 4 nitrogen and oxygen atoms in total. The number of rotatable bonds is 3. The summed E-state index contributed by atoms with van der Waals surface area (Å²) in [6, 6.07) is 3.93. The monoisotopic (exact) mass is 327 g/mol. The molecule has 1 aromatic carbocycles. The molecule has 19 heavy (non-hydrogen) atoms. The minimum Gasteiger partial charge on any atom is -0.508 e. The number of benzene rings is 1. The predicted molar refractivity (Wildman–Crippen MR) is 76.8 cm³/mol. The number of halogens is 1. The fourth-order valence-corrected chi connectivity index (χ4v) is 3.26. The van der Waals surface area contributed by atoms with Crippen LogP contribution in [0.2, 0.25) is 0 Å². The van der Waals surface area contributed by atoms with Gasteiger partial charge in [0.05, 0.1) is 5.54 Å². The lowest BCUT2D eigenvalue weighted by atomic mass is 9.83. The van der Waals surface area contributed by atoms with Gasteiger partial charge in [-0.15, -0.1) is 0 Å². The number of phenolic OH excluding ortho intramolecular Hbond substituents is 2. The van der Waals surface area contributed by atoms with Gasteiger partial charge in [-0.25, -0.2) is 0 Å². The Morgan fingerprint density at radius 1 is 1.16 bits per heavy atom. The highest BCUT2D eigenvalue weighted by Gasteiger charge is 2.32. The lowest BCUT2D eigenvalue weighted by Gasteiger charge is -2.36. The van der Waals surface area contributed by atoms with E-state index in [4.69, 9.17) is 0 Å². The summed E-state index contributed by atoms with van der Waals surface area (Å²) in [5.41, 5.74) is 0.0690. The molecule has 1 fully saturated rings. The van der Waals surface area contributed by atoms with Crippen LogP contribution in [0.3, 0.4) is 0 Å². The van der Waals surface area contributed by atoms with Crippen molar-refractivity contribution in [1.82, 2.24) is 5.32 Å². The van der Waals surface area contributed by atoms with Crippen LogP contribution in [-0.4, -0.2) is 27.0 Å². The summed E-state index contributed by atoms with van der Waals surface area (Å²) < 4.78 is 0. The highest BCUT2D eigenvalue weighted by molar-refractivity contribution is 9.09. The Bertz CT molecular complexity index is 450. The Kier molecular flexibility index (Phi) is 4.34. The fourth-order valence-electron chi connectivity index (χ4n) is 2.56. The summed E-state index contributed by atoms with van der Waals surface area (Å²) in [7, 11) is 0. The first kappa shape index (κ1) is 14.2. The van der Waals surface area contributed by atoms with Crippen molar-refractivity contribution in [3.63, 3.8) is 0 Å². The van der Waals surface area contributed by atoms with Gasteiger partial charge in [0.25, 0.3) is 5.91 Å². The van der Waals surface area contributed by atoms with Crippen molar-refractivity contribution in [1.29, 1.82) is 0 Å². The van der Waals surface area contributed by atoms with E-state index >= 15 is 0 Å². The minimum atomic E-state index is -0.257. The average Bonchev–Trinajstić information content (AvgIpc) is 2.38. The van der Waals surface area contributed by atoms with Gasteiger partial charge in [0.2, 0.25) is 0 Å².